The van der Waals surface area contributed by atoms with Gasteiger partial charge in [-0.25, -0.2) is 4.39 Å². The number of carbonyl (C=O) groups excluding carboxylic acids is 1. The molecule has 2 rings (SSSR count). The number of hydrogen-bond acceptors (Lipinski definition) is 3. The quantitative estimate of drug-likeness (QED) is 0.855. The molecule has 1 aliphatic heterocycles. The van der Waals surface area contributed by atoms with Crippen molar-refractivity contribution < 1.29 is 13.9 Å². The van der Waals surface area contributed by atoms with Crippen LogP contribution < -0.4 is 5.73 Å². The van der Waals surface area contributed by atoms with E-state index in [1.165, 1.54) is 12.1 Å². The smallest absolute Gasteiger partial charge is 0.239 e. The van der Waals surface area contributed by atoms with Gasteiger partial charge in [0.2, 0.25) is 5.91 Å². The minimum absolute atomic E-state index is 0.0670. The molecule has 1 aromatic rings. The highest BCUT2D eigenvalue weighted by Gasteiger charge is 2.22. The van der Waals surface area contributed by atoms with E-state index >= 15 is 0 Å². The van der Waals surface area contributed by atoms with Crippen molar-refractivity contribution in [1.82, 2.24) is 4.90 Å². The molecule has 1 heterocycles. The summed E-state index contributed by atoms with van der Waals surface area (Å²) < 4.78 is 17.9. The summed E-state index contributed by atoms with van der Waals surface area (Å²) in [6.45, 7) is 2.32. The van der Waals surface area contributed by atoms with Crippen LogP contribution in [0.25, 0.3) is 0 Å². The van der Waals surface area contributed by atoms with Gasteiger partial charge in [-0.2, -0.15) is 0 Å². The van der Waals surface area contributed by atoms with Gasteiger partial charge in [0.15, 0.2) is 0 Å². The van der Waals surface area contributed by atoms with Crippen LogP contribution >= 0.6 is 0 Å². The Hall–Kier alpha value is -1.46. The summed E-state index contributed by atoms with van der Waals surface area (Å²) in [4.78, 5) is 13.8. The third-order valence-corrected chi connectivity index (χ3v) is 3.01. The van der Waals surface area contributed by atoms with E-state index in [2.05, 4.69) is 0 Å². The molecule has 1 fully saturated rings. The van der Waals surface area contributed by atoms with E-state index in [1.54, 1.807) is 17.0 Å². The molecule has 1 amide bonds. The van der Waals surface area contributed by atoms with Crippen LogP contribution in [0.15, 0.2) is 24.3 Å². The zero-order valence-corrected chi connectivity index (χ0v) is 10.1. The van der Waals surface area contributed by atoms with Crippen LogP contribution in [0.1, 0.15) is 5.56 Å². The molecule has 5 heteroatoms. The Bertz CT molecular complexity index is 402. The Labute approximate surface area is 106 Å². The van der Waals surface area contributed by atoms with Crippen LogP contribution in [-0.2, 0) is 16.0 Å². The predicted octanol–water partition coefficient (Wildman–Crippen LogP) is 0.554. The van der Waals surface area contributed by atoms with Crippen LogP contribution in [-0.4, -0.2) is 43.2 Å². The molecule has 0 bridgehead atoms. The van der Waals surface area contributed by atoms with Crippen molar-refractivity contribution in [3.8, 4) is 0 Å². The number of halogens is 1. The van der Waals surface area contributed by atoms with E-state index in [-0.39, 0.29) is 11.7 Å². The molecule has 2 N–H and O–H groups in total. The first-order valence-electron chi connectivity index (χ1n) is 6.03. The highest BCUT2D eigenvalue weighted by molar-refractivity contribution is 5.82. The SMILES string of the molecule is NC(Cc1ccc(F)cc1)C(=O)N1CCOCC1. The van der Waals surface area contributed by atoms with Crippen LogP contribution in [0, 0.1) is 5.82 Å². The molecule has 0 aromatic heterocycles. The van der Waals surface area contributed by atoms with E-state index in [4.69, 9.17) is 10.5 Å². The van der Waals surface area contributed by atoms with Crippen LogP contribution in [0.5, 0.6) is 0 Å². The van der Waals surface area contributed by atoms with Gasteiger partial charge in [-0.15, -0.1) is 0 Å². The molecule has 18 heavy (non-hydrogen) atoms. The Morgan fingerprint density at radius 1 is 1.33 bits per heavy atom. The Balaban J connectivity index is 1.92. The summed E-state index contributed by atoms with van der Waals surface area (Å²) in [6, 6.07) is 5.49. The minimum atomic E-state index is -0.575. The molecule has 1 saturated heterocycles. The van der Waals surface area contributed by atoms with Crippen molar-refractivity contribution in [1.29, 1.82) is 0 Å². The standard InChI is InChI=1S/C13H17FN2O2/c14-11-3-1-10(2-4-11)9-12(15)13(17)16-5-7-18-8-6-16/h1-4,12H,5-9,15H2. The zero-order chi connectivity index (χ0) is 13.0. The van der Waals surface area contributed by atoms with Gasteiger partial charge in [0.1, 0.15) is 5.82 Å². The highest BCUT2D eigenvalue weighted by atomic mass is 19.1. The monoisotopic (exact) mass is 252 g/mol. The summed E-state index contributed by atoms with van der Waals surface area (Å²) in [5, 5.41) is 0. The number of hydrogen-bond donors (Lipinski definition) is 1. The van der Waals surface area contributed by atoms with Crippen molar-refractivity contribution >= 4 is 5.91 Å². The van der Waals surface area contributed by atoms with Gasteiger partial charge in [-0.3, -0.25) is 4.79 Å². The fourth-order valence-electron chi connectivity index (χ4n) is 1.98. The minimum Gasteiger partial charge on any atom is -0.378 e. The summed E-state index contributed by atoms with van der Waals surface area (Å²) in [7, 11) is 0. The normalized spacial score (nSPS) is 17.6. The van der Waals surface area contributed by atoms with Crippen molar-refractivity contribution in [3.63, 3.8) is 0 Å². The third kappa shape index (κ3) is 3.27. The van der Waals surface area contributed by atoms with Crippen LogP contribution in [0.3, 0.4) is 0 Å². The first-order chi connectivity index (χ1) is 8.66. The second-order valence-electron chi connectivity index (χ2n) is 4.37. The molecule has 1 unspecified atom stereocenters. The average molecular weight is 252 g/mol. The lowest BCUT2D eigenvalue weighted by molar-refractivity contribution is -0.136. The van der Waals surface area contributed by atoms with Crippen LogP contribution in [0.2, 0.25) is 0 Å². The number of benzene rings is 1. The van der Waals surface area contributed by atoms with Gasteiger partial charge in [-0.05, 0) is 24.1 Å². The fraction of sp³-hybridized carbons (Fsp3) is 0.462. The number of ether oxygens (including phenoxy) is 1. The van der Waals surface area contributed by atoms with Gasteiger partial charge < -0.3 is 15.4 Å². The van der Waals surface area contributed by atoms with E-state index in [0.717, 1.165) is 5.56 Å². The lowest BCUT2D eigenvalue weighted by atomic mass is 10.1. The average Bonchev–Trinajstić information content (AvgIpc) is 2.41. The Morgan fingerprint density at radius 3 is 2.56 bits per heavy atom. The summed E-state index contributed by atoms with van der Waals surface area (Å²) in [5.74, 6) is -0.352. The van der Waals surface area contributed by atoms with E-state index in [9.17, 15) is 9.18 Å². The number of morpholine rings is 1. The van der Waals surface area contributed by atoms with E-state index < -0.39 is 6.04 Å². The third-order valence-electron chi connectivity index (χ3n) is 3.01. The Morgan fingerprint density at radius 2 is 1.94 bits per heavy atom. The molecule has 1 aromatic carbocycles. The van der Waals surface area contributed by atoms with Gasteiger partial charge >= 0.3 is 0 Å². The molecule has 0 radical (unpaired) electrons. The van der Waals surface area contributed by atoms with Gasteiger partial charge in [-0.1, -0.05) is 12.1 Å². The summed E-state index contributed by atoms with van der Waals surface area (Å²) >= 11 is 0. The molecule has 0 saturated carbocycles. The molecule has 0 spiro atoms. The predicted molar refractivity (Wildman–Crippen MR) is 65.5 cm³/mol. The first-order valence-corrected chi connectivity index (χ1v) is 6.03. The molecular formula is C13H17FN2O2. The fourth-order valence-corrected chi connectivity index (χ4v) is 1.98. The van der Waals surface area contributed by atoms with Crippen molar-refractivity contribution in [2.24, 2.45) is 5.73 Å². The van der Waals surface area contributed by atoms with Gasteiger partial charge in [0, 0.05) is 13.1 Å². The number of rotatable bonds is 3. The lowest BCUT2D eigenvalue weighted by Gasteiger charge is -2.29. The largest absolute Gasteiger partial charge is 0.378 e. The number of nitrogens with zero attached hydrogens (tertiary/aromatic N) is 1. The second-order valence-corrected chi connectivity index (χ2v) is 4.37. The zero-order valence-electron chi connectivity index (χ0n) is 10.1. The maximum atomic E-state index is 12.8. The van der Waals surface area contributed by atoms with Crippen LogP contribution in [0.4, 0.5) is 4.39 Å². The first kappa shape index (κ1) is 13.0. The number of carbonyl (C=O) groups is 1. The molecule has 98 valence electrons. The van der Waals surface area contributed by atoms with Crippen molar-refractivity contribution in [3.05, 3.63) is 35.6 Å². The maximum absolute atomic E-state index is 12.8. The Kier molecular flexibility index (Phi) is 4.28. The van der Waals surface area contributed by atoms with Gasteiger partial charge in [0.25, 0.3) is 0 Å². The number of nitrogens with two attached hydrogens (primary N) is 1. The summed E-state index contributed by atoms with van der Waals surface area (Å²) in [6.07, 6.45) is 0.427. The topological polar surface area (TPSA) is 55.6 Å². The molecule has 0 aliphatic carbocycles. The van der Waals surface area contributed by atoms with Gasteiger partial charge in [0.05, 0.1) is 19.3 Å². The maximum Gasteiger partial charge on any atom is 0.239 e. The molecule has 4 nitrogen and oxygen atoms in total. The highest BCUT2D eigenvalue weighted by Crippen LogP contribution is 2.07. The van der Waals surface area contributed by atoms with Crippen molar-refractivity contribution in [2.45, 2.75) is 12.5 Å². The summed E-state index contributed by atoms with van der Waals surface area (Å²) in [5.41, 5.74) is 6.76. The number of amides is 1. The second kappa shape index (κ2) is 5.93. The molecular weight excluding hydrogens is 235 g/mol. The molecule has 1 aliphatic rings. The molecule has 1 atom stereocenters. The van der Waals surface area contributed by atoms with Crippen molar-refractivity contribution in [2.75, 3.05) is 26.3 Å². The van der Waals surface area contributed by atoms with E-state index in [1.807, 2.05) is 0 Å². The van der Waals surface area contributed by atoms with E-state index in [0.29, 0.717) is 32.7 Å². The lowest BCUT2D eigenvalue weighted by Crippen LogP contribution is -2.49.